The number of nitrogens with zero attached hydrogens (tertiary/aromatic N) is 2. The molecule has 2 atom stereocenters. The molecule has 20 heavy (non-hydrogen) atoms. The minimum absolute atomic E-state index is 0.371. The summed E-state index contributed by atoms with van der Waals surface area (Å²) in [6.07, 6.45) is 2.67. The highest BCUT2D eigenvalue weighted by molar-refractivity contribution is 5.74. The van der Waals surface area contributed by atoms with E-state index in [-0.39, 0.29) is 0 Å². The molecule has 106 valence electrons. The third kappa shape index (κ3) is 1.95. The van der Waals surface area contributed by atoms with Crippen LogP contribution in [0.1, 0.15) is 24.6 Å². The topological polar surface area (TPSA) is 57.9 Å². The van der Waals surface area contributed by atoms with Gasteiger partial charge in [-0.3, -0.25) is 0 Å². The minimum Gasteiger partial charge on any atom is -0.342 e. The fraction of sp³-hybridized carbons (Fsp3) is 0.562. The summed E-state index contributed by atoms with van der Waals surface area (Å²) in [5, 5.41) is 0. The number of nitrogens with two attached hydrogens (primary N) is 1. The lowest BCUT2D eigenvalue weighted by Gasteiger charge is -2.47. The van der Waals surface area contributed by atoms with E-state index in [2.05, 4.69) is 28.1 Å². The number of aromatic amines is 1. The van der Waals surface area contributed by atoms with Crippen LogP contribution in [-0.2, 0) is 0 Å². The van der Waals surface area contributed by atoms with E-state index in [1.54, 1.807) is 0 Å². The maximum Gasteiger partial charge on any atom is 0.111 e. The van der Waals surface area contributed by atoms with Crippen LogP contribution in [0.25, 0.3) is 11.0 Å². The lowest BCUT2D eigenvalue weighted by molar-refractivity contribution is 0.0366. The Bertz CT molecular complexity index is 564. The van der Waals surface area contributed by atoms with Gasteiger partial charge in [0.2, 0.25) is 0 Å². The van der Waals surface area contributed by atoms with Gasteiger partial charge < -0.3 is 15.6 Å². The first kappa shape index (κ1) is 12.4. The third-order valence-corrected chi connectivity index (χ3v) is 5.24. The Morgan fingerprint density at radius 3 is 2.75 bits per heavy atom. The molecule has 2 unspecified atom stereocenters. The Morgan fingerprint density at radius 1 is 1.30 bits per heavy atom. The van der Waals surface area contributed by atoms with Crippen molar-refractivity contribution in [2.45, 2.75) is 18.8 Å². The molecule has 3 saturated heterocycles. The van der Waals surface area contributed by atoms with Crippen molar-refractivity contribution in [3.8, 4) is 0 Å². The monoisotopic (exact) mass is 270 g/mol. The molecule has 0 spiro atoms. The summed E-state index contributed by atoms with van der Waals surface area (Å²) in [5.41, 5.74) is 8.30. The van der Waals surface area contributed by atoms with Crippen LogP contribution in [0.2, 0.25) is 0 Å². The van der Waals surface area contributed by atoms with Crippen molar-refractivity contribution in [3.63, 3.8) is 0 Å². The molecule has 2 aromatic rings. The summed E-state index contributed by atoms with van der Waals surface area (Å²) < 4.78 is 0. The number of imidazole rings is 1. The molecule has 0 aliphatic carbocycles. The van der Waals surface area contributed by atoms with Crippen LogP contribution >= 0.6 is 0 Å². The van der Waals surface area contributed by atoms with Gasteiger partial charge in [-0.25, -0.2) is 4.98 Å². The van der Waals surface area contributed by atoms with E-state index in [1.807, 2.05) is 6.07 Å². The van der Waals surface area contributed by atoms with Crippen molar-refractivity contribution in [2.24, 2.45) is 17.6 Å². The van der Waals surface area contributed by atoms with Crippen LogP contribution in [0.5, 0.6) is 0 Å². The second kappa shape index (κ2) is 4.86. The number of H-pyrrole nitrogens is 1. The zero-order valence-electron chi connectivity index (χ0n) is 11.8. The average Bonchev–Trinajstić information content (AvgIpc) is 2.93. The highest BCUT2D eigenvalue weighted by Gasteiger charge is 2.39. The van der Waals surface area contributed by atoms with Crippen molar-refractivity contribution in [1.29, 1.82) is 0 Å². The third-order valence-electron chi connectivity index (χ3n) is 5.24. The predicted molar refractivity (Wildman–Crippen MR) is 80.5 cm³/mol. The minimum atomic E-state index is 0.371. The highest BCUT2D eigenvalue weighted by atomic mass is 15.2. The molecule has 1 aromatic heterocycles. The van der Waals surface area contributed by atoms with Gasteiger partial charge in [-0.2, -0.15) is 0 Å². The van der Waals surface area contributed by atoms with Crippen LogP contribution < -0.4 is 5.73 Å². The summed E-state index contributed by atoms with van der Waals surface area (Å²) in [4.78, 5) is 10.9. The molecule has 3 aliphatic rings. The molecule has 3 fully saturated rings. The van der Waals surface area contributed by atoms with Crippen molar-refractivity contribution in [1.82, 2.24) is 14.9 Å². The number of para-hydroxylation sites is 2. The lowest BCUT2D eigenvalue weighted by atomic mass is 9.72. The molecule has 0 saturated carbocycles. The average molecular weight is 270 g/mol. The van der Waals surface area contributed by atoms with Gasteiger partial charge >= 0.3 is 0 Å². The summed E-state index contributed by atoms with van der Waals surface area (Å²) >= 11 is 0. The van der Waals surface area contributed by atoms with E-state index in [9.17, 15) is 0 Å². The lowest BCUT2D eigenvalue weighted by Crippen LogP contribution is -2.50. The first-order valence-electron chi connectivity index (χ1n) is 7.72. The first-order valence-corrected chi connectivity index (χ1v) is 7.72. The summed E-state index contributed by atoms with van der Waals surface area (Å²) in [7, 11) is 0. The molecule has 3 aliphatic heterocycles. The second-order valence-corrected chi connectivity index (χ2v) is 6.28. The summed E-state index contributed by atoms with van der Waals surface area (Å²) in [6, 6.07) is 8.25. The summed E-state index contributed by atoms with van der Waals surface area (Å²) in [5.74, 6) is 2.97. The number of benzene rings is 1. The van der Waals surface area contributed by atoms with Crippen molar-refractivity contribution >= 4 is 11.0 Å². The van der Waals surface area contributed by atoms with Crippen molar-refractivity contribution < 1.29 is 0 Å². The molecule has 2 bridgehead atoms. The van der Waals surface area contributed by atoms with Gasteiger partial charge in [-0.05, 0) is 49.9 Å². The van der Waals surface area contributed by atoms with Crippen LogP contribution in [-0.4, -0.2) is 41.0 Å². The smallest absolute Gasteiger partial charge is 0.111 e. The van der Waals surface area contributed by atoms with Gasteiger partial charge in [0.25, 0.3) is 0 Å². The Labute approximate surface area is 119 Å². The van der Waals surface area contributed by atoms with Crippen LogP contribution in [0.15, 0.2) is 24.3 Å². The molecular weight excluding hydrogens is 248 g/mol. The van der Waals surface area contributed by atoms with Crippen LogP contribution in [0.3, 0.4) is 0 Å². The Morgan fingerprint density at radius 2 is 2.10 bits per heavy atom. The van der Waals surface area contributed by atoms with E-state index in [1.165, 1.54) is 32.5 Å². The molecule has 4 nitrogen and oxygen atoms in total. The van der Waals surface area contributed by atoms with E-state index in [0.29, 0.717) is 18.4 Å². The Hall–Kier alpha value is -1.39. The number of hydrogen-bond acceptors (Lipinski definition) is 3. The molecule has 4 heteroatoms. The van der Waals surface area contributed by atoms with E-state index in [4.69, 9.17) is 10.7 Å². The van der Waals surface area contributed by atoms with Crippen LogP contribution in [0.4, 0.5) is 0 Å². The zero-order valence-corrected chi connectivity index (χ0v) is 11.8. The van der Waals surface area contributed by atoms with Crippen LogP contribution in [0, 0.1) is 11.8 Å². The van der Waals surface area contributed by atoms with E-state index < -0.39 is 0 Å². The highest BCUT2D eigenvalue weighted by Crippen LogP contribution is 2.40. The fourth-order valence-electron chi connectivity index (χ4n) is 4.10. The maximum absolute atomic E-state index is 6.11. The quantitative estimate of drug-likeness (QED) is 0.896. The SMILES string of the molecule is NCC(c1nc2ccccc2[nH]1)C1CN2CCC1CC2. The maximum atomic E-state index is 6.11. The summed E-state index contributed by atoms with van der Waals surface area (Å²) in [6.45, 7) is 4.44. The van der Waals surface area contributed by atoms with Crippen molar-refractivity contribution in [2.75, 3.05) is 26.2 Å². The Kier molecular flexibility index (Phi) is 3.00. The predicted octanol–water partition coefficient (Wildman–Crippen LogP) is 1.95. The van der Waals surface area contributed by atoms with Gasteiger partial charge in [-0.15, -0.1) is 0 Å². The molecular formula is C16H22N4. The molecule has 5 rings (SSSR count). The molecule has 3 N–H and O–H groups in total. The normalized spacial score (nSPS) is 30.8. The molecule has 0 amide bonds. The zero-order chi connectivity index (χ0) is 13.5. The molecule has 1 aromatic carbocycles. The molecule has 0 radical (unpaired) electrons. The number of fused-ring (bicyclic) bond motifs is 4. The van der Waals surface area contributed by atoms with Gasteiger partial charge in [0.15, 0.2) is 0 Å². The first-order chi connectivity index (χ1) is 9.85. The fourth-order valence-corrected chi connectivity index (χ4v) is 4.10. The van der Waals surface area contributed by atoms with Gasteiger partial charge in [0.05, 0.1) is 11.0 Å². The number of nitrogens with one attached hydrogen (secondary N) is 1. The van der Waals surface area contributed by atoms with E-state index in [0.717, 1.165) is 22.8 Å². The number of aromatic nitrogens is 2. The van der Waals surface area contributed by atoms with Gasteiger partial charge in [0.1, 0.15) is 5.82 Å². The van der Waals surface area contributed by atoms with E-state index >= 15 is 0 Å². The number of hydrogen-bond donors (Lipinski definition) is 2. The standard InChI is InChI=1S/C16H22N4/c17-9-12(13-10-20-7-5-11(13)6-8-20)16-18-14-3-1-2-4-15(14)19-16/h1-4,11-13H,5-10,17H2,(H,18,19). The number of piperidine rings is 3. The van der Waals surface area contributed by atoms with Gasteiger partial charge in [0, 0.05) is 19.0 Å². The van der Waals surface area contributed by atoms with Gasteiger partial charge in [-0.1, -0.05) is 12.1 Å². The largest absolute Gasteiger partial charge is 0.342 e. The second-order valence-electron chi connectivity index (χ2n) is 6.28. The molecule has 4 heterocycles. The van der Waals surface area contributed by atoms with Crippen molar-refractivity contribution in [3.05, 3.63) is 30.1 Å². The Balaban J connectivity index is 1.67. The number of rotatable bonds is 3.